The minimum Gasteiger partial charge on any atom is -0.342 e. The van der Waals surface area contributed by atoms with Gasteiger partial charge in [0.1, 0.15) is 0 Å². The van der Waals surface area contributed by atoms with Gasteiger partial charge in [-0.05, 0) is 38.5 Å². The zero-order valence-electron chi connectivity index (χ0n) is 11.2. The smallest absolute Gasteiger partial charge is 0.236 e. The molecule has 4 heteroatoms. The number of hydrogen-bond donors (Lipinski definition) is 1. The number of amides is 1. The Morgan fingerprint density at radius 2 is 2.06 bits per heavy atom. The molecule has 0 bridgehead atoms. The predicted molar refractivity (Wildman–Crippen MR) is 75.8 cm³/mol. The van der Waals surface area contributed by atoms with Gasteiger partial charge in [-0.25, -0.2) is 0 Å². The number of nitrogens with one attached hydrogen (secondary N) is 1. The summed E-state index contributed by atoms with van der Waals surface area (Å²) in [6, 6.07) is 7.80. The standard InChI is InChI=1S/C14H21ClN2O/c1-4-17(5-2)14(18)10-16-11(3)12-7-6-8-13(15)9-12/h6-9,11,16H,4-5,10H2,1-3H3. The van der Waals surface area contributed by atoms with Crippen molar-refractivity contribution >= 4 is 17.5 Å². The third-order valence-electron chi connectivity index (χ3n) is 3.02. The molecule has 1 atom stereocenters. The first kappa shape index (κ1) is 15.0. The van der Waals surface area contributed by atoms with E-state index >= 15 is 0 Å². The maximum absolute atomic E-state index is 11.8. The number of likely N-dealkylation sites (N-methyl/N-ethyl adjacent to an activating group) is 1. The van der Waals surface area contributed by atoms with Crippen molar-refractivity contribution in [1.82, 2.24) is 10.2 Å². The van der Waals surface area contributed by atoms with Crippen LogP contribution >= 0.6 is 11.6 Å². The molecule has 1 N–H and O–H groups in total. The van der Waals surface area contributed by atoms with Crippen LogP contribution in [0.3, 0.4) is 0 Å². The highest BCUT2D eigenvalue weighted by molar-refractivity contribution is 6.30. The largest absolute Gasteiger partial charge is 0.342 e. The molecule has 0 fully saturated rings. The highest BCUT2D eigenvalue weighted by atomic mass is 35.5. The molecule has 0 aromatic heterocycles. The Morgan fingerprint density at radius 3 is 2.61 bits per heavy atom. The second kappa shape index (κ2) is 7.39. The summed E-state index contributed by atoms with van der Waals surface area (Å²) in [5.74, 6) is 0.133. The highest BCUT2D eigenvalue weighted by Crippen LogP contribution is 2.16. The number of rotatable bonds is 6. The van der Waals surface area contributed by atoms with Crippen molar-refractivity contribution in [2.75, 3.05) is 19.6 Å². The van der Waals surface area contributed by atoms with Crippen LogP contribution in [0.1, 0.15) is 32.4 Å². The predicted octanol–water partition coefficient (Wildman–Crippen LogP) is 2.86. The van der Waals surface area contributed by atoms with Crippen LogP contribution in [0.25, 0.3) is 0 Å². The molecule has 0 spiro atoms. The van der Waals surface area contributed by atoms with Gasteiger partial charge in [0.25, 0.3) is 0 Å². The van der Waals surface area contributed by atoms with Gasteiger partial charge in [-0.2, -0.15) is 0 Å². The second-order valence-electron chi connectivity index (χ2n) is 4.22. The molecule has 100 valence electrons. The van der Waals surface area contributed by atoms with Gasteiger partial charge >= 0.3 is 0 Å². The minimum absolute atomic E-state index is 0.114. The summed E-state index contributed by atoms with van der Waals surface area (Å²) in [6.07, 6.45) is 0. The monoisotopic (exact) mass is 268 g/mol. The van der Waals surface area contributed by atoms with Crippen LogP contribution < -0.4 is 5.32 Å². The molecule has 1 aromatic rings. The van der Waals surface area contributed by atoms with Gasteiger partial charge in [-0.1, -0.05) is 23.7 Å². The lowest BCUT2D eigenvalue weighted by molar-refractivity contribution is -0.129. The Bertz CT molecular complexity index is 391. The van der Waals surface area contributed by atoms with Crippen LogP contribution in [0, 0.1) is 0 Å². The van der Waals surface area contributed by atoms with E-state index < -0.39 is 0 Å². The van der Waals surface area contributed by atoms with Crippen molar-refractivity contribution in [2.45, 2.75) is 26.8 Å². The molecule has 3 nitrogen and oxygen atoms in total. The number of hydrogen-bond acceptors (Lipinski definition) is 2. The maximum atomic E-state index is 11.8. The molecule has 0 saturated heterocycles. The summed E-state index contributed by atoms with van der Waals surface area (Å²) in [5, 5.41) is 3.94. The number of carbonyl (C=O) groups excluding carboxylic acids is 1. The van der Waals surface area contributed by atoms with Crippen molar-refractivity contribution in [3.05, 3.63) is 34.9 Å². The fraction of sp³-hybridized carbons (Fsp3) is 0.500. The van der Waals surface area contributed by atoms with E-state index in [4.69, 9.17) is 11.6 Å². The molecular weight excluding hydrogens is 248 g/mol. The summed E-state index contributed by atoms with van der Waals surface area (Å²) in [6.45, 7) is 7.87. The zero-order chi connectivity index (χ0) is 13.5. The fourth-order valence-corrected chi connectivity index (χ4v) is 2.02. The number of halogens is 1. The topological polar surface area (TPSA) is 32.3 Å². The van der Waals surface area contributed by atoms with Gasteiger partial charge in [0.2, 0.25) is 5.91 Å². The van der Waals surface area contributed by atoms with Gasteiger partial charge in [0, 0.05) is 24.2 Å². The van der Waals surface area contributed by atoms with Crippen molar-refractivity contribution in [1.29, 1.82) is 0 Å². The molecule has 0 aliphatic rings. The van der Waals surface area contributed by atoms with Gasteiger partial charge < -0.3 is 10.2 Å². The Balaban J connectivity index is 2.51. The fourth-order valence-electron chi connectivity index (χ4n) is 1.82. The van der Waals surface area contributed by atoms with Gasteiger partial charge in [0.05, 0.1) is 6.54 Å². The quantitative estimate of drug-likeness (QED) is 0.860. The molecule has 1 rings (SSSR count). The average molecular weight is 269 g/mol. The molecule has 0 aliphatic carbocycles. The molecule has 0 aliphatic heterocycles. The Labute approximate surface area is 114 Å². The van der Waals surface area contributed by atoms with Crippen LogP contribution in [0.4, 0.5) is 0 Å². The van der Waals surface area contributed by atoms with Crippen LogP contribution in [0.2, 0.25) is 5.02 Å². The SMILES string of the molecule is CCN(CC)C(=O)CNC(C)c1cccc(Cl)c1. The Kier molecular flexibility index (Phi) is 6.16. The minimum atomic E-state index is 0.114. The van der Waals surface area contributed by atoms with Crippen LogP contribution in [-0.2, 0) is 4.79 Å². The van der Waals surface area contributed by atoms with E-state index in [-0.39, 0.29) is 11.9 Å². The lowest BCUT2D eigenvalue weighted by Gasteiger charge is -2.21. The first-order chi connectivity index (χ1) is 8.58. The van der Waals surface area contributed by atoms with E-state index in [0.717, 1.165) is 23.7 Å². The van der Waals surface area contributed by atoms with E-state index in [1.807, 2.05) is 49.9 Å². The van der Waals surface area contributed by atoms with E-state index in [1.165, 1.54) is 0 Å². The first-order valence-electron chi connectivity index (χ1n) is 6.35. The average Bonchev–Trinajstić information content (AvgIpc) is 2.37. The summed E-state index contributed by atoms with van der Waals surface area (Å²) < 4.78 is 0. The number of nitrogens with zero attached hydrogens (tertiary/aromatic N) is 1. The zero-order valence-corrected chi connectivity index (χ0v) is 12.0. The maximum Gasteiger partial charge on any atom is 0.236 e. The van der Waals surface area contributed by atoms with E-state index in [0.29, 0.717) is 6.54 Å². The highest BCUT2D eigenvalue weighted by Gasteiger charge is 2.11. The number of benzene rings is 1. The molecule has 0 heterocycles. The second-order valence-corrected chi connectivity index (χ2v) is 4.66. The van der Waals surface area contributed by atoms with Gasteiger partial charge in [-0.15, -0.1) is 0 Å². The lowest BCUT2D eigenvalue weighted by atomic mass is 10.1. The van der Waals surface area contributed by atoms with E-state index in [2.05, 4.69) is 5.32 Å². The van der Waals surface area contributed by atoms with Crippen LogP contribution in [-0.4, -0.2) is 30.4 Å². The molecular formula is C14H21ClN2O. The Hall–Kier alpha value is -1.06. The molecule has 0 radical (unpaired) electrons. The van der Waals surface area contributed by atoms with Crippen molar-refractivity contribution in [3.63, 3.8) is 0 Å². The van der Waals surface area contributed by atoms with Crippen molar-refractivity contribution < 1.29 is 4.79 Å². The van der Waals surface area contributed by atoms with Gasteiger partial charge in [-0.3, -0.25) is 4.79 Å². The van der Waals surface area contributed by atoms with Crippen LogP contribution in [0.5, 0.6) is 0 Å². The number of carbonyl (C=O) groups is 1. The summed E-state index contributed by atoms with van der Waals surface area (Å²) >= 11 is 5.94. The van der Waals surface area contributed by atoms with Crippen molar-refractivity contribution in [3.8, 4) is 0 Å². The van der Waals surface area contributed by atoms with Crippen molar-refractivity contribution in [2.24, 2.45) is 0 Å². The lowest BCUT2D eigenvalue weighted by Crippen LogP contribution is -2.38. The molecule has 1 aromatic carbocycles. The summed E-state index contributed by atoms with van der Waals surface area (Å²) in [7, 11) is 0. The first-order valence-corrected chi connectivity index (χ1v) is 6.72. The van der Waals surface area contributed by atoms with E-state index in [9.17, 15) is 4.79 Å². The summed E-state index contributed by atoms with van der Waals surface area (Å²) in [5.41, 5.74) is 1.09. The third kappa shape index (κ3) is 4.31. The summed E-state index contributed by atoms with van der Waals surface area (Å²) in [4.78, 5) is 13.7. The molecule has 0 saturated carbocycles. The normalized spacial score (nSPS) is 12.2. The van der Waals surface area contributed by atoms with Gasteiger partial charge in [0.15, 0.2) is 0 Å². The Morgan fingerprint density at radius 1 is 1.39 bits per heavy atom. The third-order valence-corrected chi connectivity index (χ3v) is 3.26. The van der Waals surface area contributed by atoms with E-state index in [1.54, 1.807) is 0 Å². The molecule has 18 heavy (non-hydrogen) atoms. The molecule has 1 unspecified atom stereocenters. The molecule has 1 amide bonds. The van der Waals surface area contributed by atoms with Crippen LogP contribution in [0.15, 0.2) is 24.3 Å².